The number of nitrogens with one attached hydrogen (secondary N) is 1. The number of benzene rings is 3. The Morgan fingerprint density at radius 2 is 1.66 bits per heavy atom. The third-order valence-corrected chi connectivity index (χ3v) is 5.14. The second-order valence-electron chi connectivity index (χ2n) is 6.94. The summed E-state index contributed by atoms with van der Waals surface area (Å²) in [5, 5.41) is 17.8. The zero-order valence-electron chi connectivity index (χ0n) is 16.3. The van der Waals surface area contributed by atoms with Crippen LogP contribution in [0.3, 0.4) is 0 Å². The van der Waals surface area contributed by atoms with Gasteiger partial charge < -0.3 is 10.4 Å². The monoisotopic (exact) mass is 473 g/mol. The molecule has 4 aromatic rings. The van der Waals surface area contributed by atoms with Crippen LogP contribution in [0.25, 0.3) is 16.9 Å². The maximum absolute atomic E-state index is 13.9. The molecule has 0 aliphatic heterocycles. The molecule has 0 saturated heterocycles. The maximum Gasteiger partial charge on any atom is 0.335 e. The van der Waals surface area contributed by atoms with Crippen molar-refractivity contribution in [3.05, 3.63) is 99.7 Å². The van der Waals surface area contributed by atoms with Crippen LogP contribution in [0.15, 0.2) is 66.9 Å². The van der Waals surface area contributed by atoms with Crippen molar-refractivity contribution in [3.63, 3.8) is 0 Å². The lowest BCUT2D eigenvalue weighted by molar-refractivity contribution is 0.0697. The first-order valence-corrected chi connectivity index (χ1v) is 10.1. The lowest BCUT2D eigenvalue weighted by Gasteiger charge is -2.08. The van der Waals surface area contributed by atoms with E-state index in [4.69, 9.17) is 28.3 Å². The summed E-state index contributed by atoms with van der Waals surface area (Å²) >= 11 is 12.1. The summed E-state index contributed by atoms with van der Waals surface area (Å²) < 4.78 is 28.9. The van der Waals surface area contributed by atoms with E-state index in [1.165, 1.54) is 18.2 Å². The van der Waals surface area contributed by atoms with E-state index in [1.807, 2.05) is 0 Å². The average Bonchev–Trinajstić information content (AvgIpc) is 3.18. The van der Waals surface area contributed by atoms with Crippen molar-refractivity contribution in [2.75, 3.05) is 5.32 Å². The Kier molecular flexibility index (Phi) is 6.12. The fraction of sp³-hybridized carbons (Fsp3) is 0.0435. The van der Waals surface area contributed by atoms with Crippen LogP contribution in [-0.4, -0.2) is 20.9 Å². The van der Waals surface area contributed by atoms with E-state index in [1.54, 1.807) is 41.2 Å². The summed E-state index contributed by atoms with van der Waals surface area (Å²) in [5.74, 6) is -2.97. The second kappa shape index (κ2) is 8.98. The molecule has 0 atom stereocenters. The van der Waals surface area contributed by atoms with E-state index in [0.29, 0.717) is 38.2 Å². The van der Waals surface area contributed by atoms with E-state index in [0.717, 1.165) is 12.1 Å². The lowest BCUT2D eigenvalue weighted by Crippen LogP contribution is -2.00. The normalized spacial score (nSPS) is 10.9. The Morgan fingerprint density at radius 1 is 0.969 bits per heavy atom. The molecule has 1 heterocycles. The van der Waals surface area contributed by atoms with Crippen molar-refractivity contribution in [1.29, 1.82) is 0 Å². The number of anilines is 1. The number of carbonyl (C=O) groups is 1. The first-order chi connectivity index (χ1) is 15.3. The molecule has 2 N–H and O–H groups in total. The van der Waals surface area contributed by atoms with E-state index in [-0.39, 0.29) is 12.1 Å². The van der Waals surface area contributed by atoms with Gasteiger partial charge in [0.15, 0.2) is 11.6 Å². The molecule has 0 bridgehead atoms. The summed E-state index contributed by atoms with van der Waals surface area (Å²) in [6, 6.07) is 14.7. The number of aromatic carboxylic acids is 1. The second-order valence-corrected chi connectivity index (χ2v) is 7.81. The SMILES string of the molecule is O=C(O)c1ccc(-n2cc(CNc3cc(Cl)cc(Cl)c3)c(-c3ccc(F)c(F)c3)n2)cc1. The molecule has 32 heavy (non-hydrogen) atoms. The number of nitrogens with zero attached hydrogens (tertiary/aromatic N) is 2. The largest absolute Gasteiger partial charge is 0.478 e. The van der Waals surface area contributed by atoms with Crippen molar-refractivity contribution < 1.29 is 18.7 Å². The molecule has 0 spiro atoms. The first-order valence-electron chi connectivity index (χ1n) is 9.38. The van der Waals surface area contributed by atoms with Crippen LogP contribution < -0.4 is 5.32 Å². The maximum atomic E-state index is 13.9. The molecule has 9 heteroatoms. The van der Waals surface area contributed by atoms with Gasteiger partial charge in [-0.15, -0.1) is 0 Å². The number of hydrogen-bond acceptors (Lipinski definition) is 3. The Bertz CT molecular complexity index is 1290. The number of rotatable bonds is 6. The van der Waals surface area contributed by atoms with Gasteiger partial charge in [-0.05, 0) is 60.7 Å². The van der Waals surface area contributed by atoms with Gasteiger partial charge in [0.1, 0.15) is 0 Å². The highest BCUT2D eigenvalue weighted by Crippen LogP contribution is 2.28. The molecule has 0 amide bonds. The fourth-order valence-electron chi connectivity index (χ4n) is 3.17. The number of carboxylic acids is 1. The minimum Gasteiger partial charge on any atom is -0.478 e. The smallest absolute Gasteiger partial charge is 0.335 e. The van der Waals surface area contributed by atoms with Crippen LogP contribution >= 0.6 is 23.2 Å². The molecule has 3 aromatic carbocycles. The van der Waals surface area contributed by atoms with Gasteiger partial charge >= 0.3 is 5.97 Å². The molecule has 0 saturated carbocycles. The van der Waals surface area contributed by atoms with Gasteiger partial charge in [-0.25, -0.2) is 18.3 Å². The molecular weight excluding hydrogens is 459 g/mol. The number of halogens is 4. The van der Waals surface area contributed by atoms with E-state index in [2.05, 4.69) is 10.4 Å². The quantitative estimate of drug-likeness (QED) is 0.338. The third-order valence-electron chi connectivity index (χ3n) is 4.71. The molecule has 1 aromatic heterocycles. The van der Waals surface area contributed by atoms with Crippen molar-refractivity contribution in [2.45, 2.75) is 6.54 Å². The van der Waals surface area contributed by atoms with Crippen molar-refractivity contribution >= 4 is 34.9 Å². The first kappa shape index (κ1) is 21.8. The van der Waals surface area contributed by atoms with E-state index < -0.39 is 17.6 Å². The number of carboxylic acid groups (broad SMARTS) is 1. The highest BCUT2D eigenvalue weighted by molar-refractivity contribution is 6.35. The highest BCUT2D eigenvalue weighted by atomic mass is 35.5. The lowest BCUT2D eigenvalue weighted by atomic mass is 10.1. The molecule has 5 nitrogen and oxygen atoms in total. The van der Waals surface area contributed by atoms with Gasteiger partial charge in [0.2, 0.25) is 0 Å². The molecule has 0 unspecified atom stereocenters. The third kappa shape index (κ3) is 4.74. The number of aromatic nitrogens is 2. The van der Waals surface area contributed by atoms with Gasteiger partial charge in [-0.3, -0.25) is 0 Å². The molecule has 4 rings (SSSR count). The van der Waals surface area contributed by atoms with Crippen LogP contribution in [-0.2, 0) is 6.54 Å². The van der Waals surface area contributed by atoms with E-state index in [9.17, 15) is 13.6 Å². The molecular formula is C23H15Cl2F2N3O2. The van der Waals surface area contributed by atoms with Gasteiger partial charge in [-0.1, -0.05) is 23.2 Å². The van der Waals surface area contributed by atoms with Crippen molar-refractivity contribution in [3.8, 4) is 16.9 Å². The predicted molar refractivity (Wildman–Crippen MR) is 120 cm³/mol. The predicted octanol–water partition coefficient (Wildman–Crippen LogP) is 6.43. The zero-order valence-corrected chi connectivity index (χ0v) is 17.8. The molecule has 162 valence electrons. The summed E-state index contributed by atoms with van der Waals surface area (Å²) in [7, 11) is 0. The molecule has 0 fully saturated rings. The summed E-state index contributed by atoms with van der Waals surface area (Å²) in [5.41, 5.74) is 2.95. The molecule has 0 radical (unpaired) electrons. The van der Waals surface area contributed by atoms with Crippen LogP contribution in [0.2, 0.25) is 10.0 Å². The van der Waals surface area contributed by atoms with Gasteiger partial charge in [0.25, 0.3) is 0 Å². The number of hydrogen-bond donors (Lipinski definition) is 2. The topological polar surface area (TPSA) is 67.2 Å². The fourth-order valence-corrected chi connectivity index (χ4v) is 3.69. The molecule has 0 aliphatic carbocycles. The van der Waals surface area contributed by atoms with Crippen LogP contribution in [0.1, 0.15) is 15.9 Å². The summed E-state index contributed by atoms with van der Waals surface area (Å²) in [4.78, 5) is 11.1. The van der Waals surface area contributed by atoms with E-state index >= 15 is 0 Å². The Labute approximate surface area is 191 Å². The molecule has 0 aliphatic rings. The van der Waals surface area contributed by atoms with Crippen LogP contribution in [0.4, 0.5) is 14.5 Å². The summed E-state index contributed by atoms with van der Waals surface area (Å²) in [6.07, 6.45) is 1.73. The van der Waals surface area contributed by atoms with Crippen molar-refractivity contribution in [2.24, 2.45) is 0 Å². The van der Waals surface area contributed by atoms with Crippen molar-refractivity contribution in [1.82, 2.24) is 9.78 Å². The van der Waals surface area contributed by atoms with Crippen LogP contribution in [0, 0.1) is 11.6 Å². The zero-order chi connectivity index (χ0) is 22.8. The minimum absolute atomic E-state index is 0.140. The van der Waals surface area contributed by atoms with Crippen LogP contribution in [0.5, 0.6) is 0 Å². The highest BCUT2D eigenvalue weighted by Gasteiger charge is 2.15. The van der Waals surface area contributed by atoms with Gasteiger partial charge in [0.05, 0.1) is 16.9 Å². The Balaban J connectivity index is 1.72. The van der Waals surface area contributed by atoms with Gasteiger partial charge in [-0.2, -0.15) is 5.10 Å². The average molecular weight is 474 g/mol. The Hall–Kier alpha value is -3.42. The van der Waals surface area contributed by atoms with Gasteiger partial charge in [0, 0.05) is 39.6 Å². The summed E-state index contributed by atoms with van der Waals surface area (Å²) in [6.45, 7) is 0.290. The minimum atomic E-state index is -1.04. The Morgan fingerprint density at radius 3 is 2.28 bits per heavy atom. The standard InChI is InChI=1S/C23H15Cl2F2N3O2/c24-16-8-17(25)10-18(9-16)28-11-15-12-30(19-4-1-13(2-5-19)23(31)32)29-22(15)14-3-6-20(26)21(27)7-14/h1-10,12,28H,11H2,(H,31,32).